The first-order chi connectivity index (χ1) is 14.0. The molecule has 29 heavy (non-hydrogen) atoms. The number of hydrogen-bond acceptors (Lipinski definition) is 3. The summed E-state index contributed by atoms with van der Waals surface area (Å²) in [4.78, 5) is 30.2. The van der Waals surface area contributed by atoms with Gasteiger partial charge < -0.3 is 4.90 Å². The molecule has 1 aromatic carbocycles. The Morgan fingerprint density at radius 1 is 1.00 bits per heavy atom. The number of piperidine rings is 1. The van der Waals surface area contributed by atoms with Crippen LogP contribution in [-0.2, 0) is 9.59 Å². The second-order valence-corrected chi connectivity index (χ2v) is 8.89. The molecule has 0 aliphatic carbocycles. The van der Waals surface area contributed by atoms with Gasteiger partial charge in [-0.25, -0.2) is 0 Å². The second kappa shape index (κ2) is 10.3. The minimum absolute atomic E-state index is 0.123. The minimum atomic E-state index is -0.154. The Morgan fingerprint density at radius 3 is 2.38 bits per heavy atom. The fourth-order valence-electron chi connectivity index (χ4n) is 4.38. The number of likely N-dealkylation sites (tertiary alicyclic amines) is 1. The van der Waals surface area contributed by atoms with E-state index in [2.05, 4.69) is 18.7 Å². The fraction of sp³-hybridized carbons (Fsp3) is 0.583. The van der Waals surface area contributed by atoms with Gasteiger partial charge in [0.05, 0.1) is 5.57 Å². The SMILES string of the molecule is CCCCCCCCN1C(=O)C(c2ccc(Cl)cc2)=C(N2CCCC(C)C2)C1=O. The summed E-state index contributed by atoms with van der Waals surface area (Å²) in [6.45, 7) is 6.59. The Bertz CT molecular complexity index is 757. The highest BCUT2D eigenvalue weighted by Gasteiger charge is 2.41. The zero-order chi connectivity index (χ0) is 20.8. The number of imide groups is 1. The minimum Gasteiger partial charge on any atom is -0.366 e. The summed E-state index contributed by atoms with van der Waals surface area (Å²) in [6.07, 6.45) is 9.02. The highest BCUT2D eigenvalue weighted by atomic mass is 35.5. The summed E-state index contributed by atoms with van der Waals surface area (Å²) in [6, 6.07) is 7.28. The van der Waals surface area contributed by atoms with E-state index in [4.69, 9.17) is 11.6 Å². The number of rotatable bonds is 9. The van der Waals surface area contributed by atoms with Crippen molar-refractivity contribution in [2.24, 2.45) is 5.92 Å². The van der Waals surface area contributed by atoms with E-state index < -0.39 is 0 Å². The molecule has 1 aromatic rings. The summed E-state index contributed by atoms with van der Waals surface area (Å²) < 4.78 is 0. The number of amides is 2. The first kappa shape index (κ1) is 21.9. The molecular formula is C24H33ClN2O2. The number of hydrogen-bond donors (Lipinski definition) is 0. The summed E-state index contributed by atoms with van der Waals surface area (Å²) in [7, 11) is 0. The summed E-state index contributed by atoms with van der Waals surface area (Å²) in [5, 5.41) is 0.628. The summed E-state index contributed by atoms with van der Waals surface area (Å²) >= 11 is 6.05. The van der Waals surface area contributed by atoms with Gasteiger partial charge in [0.1, 0.15) is 5.70 Å². The van der Waals surface area contributed by atoms with E-state index in [1.807, 2.05) is 12.1 Å². The van der Waals surface area contributed by atoms with Crippen LogP contribution in [0.3, 0.4) is 0 Å². The molecule has 2 aliphatic rings. The molecule has 1 fully saturated rings. The smallest absolute Gasteiger partial charge is 0.277 e. The maximum Gasteiger partial charge on any atom is 0.277 e. The monoisotopic (exact) mass is 416 g/mol. The predicted molar refractivity (Wildman–Crippen MR) is 118 cm³/mol. The Labute approximate surface area is 179 Å². The lowest BCUT2D eigenvalue weighted by molar-refractivity contribution is -0.137. The molecule has 0 N–H and O–H groups in total. The molecule has 1 saturated heterocycles. The zero-order valence-corrected chi connectivity index (χ0v) is 18.5. The van der Waals surface area contributed by atoms with Crippen LogP contribution < -0.4 is 0 Å². The van der Waals surface area contributed by atoms with E-state index in [1.165, 1.54) is 30.6 Å². The molecule has 4 nitrogen and oxygen atoms in total. The van der Waals surface area contributed by atoms with Crippen LogP contribution in [-0.4, -0.2) is 41.2 Å². The molecule has 0 radical (unpaired) electrons. The van der Waals surface area contributed by atoms with E-state index in [1.54, 1.807) is 12.1 Å². The van der Waals surface area contributed by atoms with Crippen molar-refractivity contribution >= 4 is 29.0 Å². The first-order valence-corrected chi connectivity index (χ1v) is 11.5. The molecule has 5 heteroatoms. The van der Waals surface area contributed by atoms with Crippen LogP contribution in [0.2, 0.25) is 5.02 Å². The highest BCUT2D eigenvalue weighted by molar-refractivity contribution is 6.36. The molecule has 158 valence electrons. The van der Waals surface area contributed by atoms with Crippen LogP contribution in [0.5, 0.6) is 0 Å². The van der Waals surface area contributed by atoms with Gasteiger partial charge in [0, 0.05) is 24.7 Å². The molecule has 0 bridgehead atoms. The topological polar surface area (TPSA) is 40.6 Å². The van der Waals surface area contributed by atoms with E-state index >= 15 is 0 Å². The van der Waals surface area contributed by atoms with Crippen molar-refractivity contribution in [2.75, 3.05) is 19.6 Å². The van der Waals surface area contributed by atoms with Crippen LogP contribution in [0.4, 0.5) is 0 Å². The van der Waals surface area contributed by atoms with Crippen LogP contribution in [0, 0.1) is 5.92 Å². The van der Waals surface area contributed by atoms with Crippen LogP contribution in [0.1, 0.15) is 70.8 Å². The third-order valence-corrected chi connectivity index (χ3v) is 6.24. The number of halogens is 1. The van der Waals surface area contributed by atoms with Crippen molar-refractivity contribution in [1.29, 1.82) is 0 Å². The van der Waals surface area contributed by atoms with Crippen molar-refractivity contribution in [3.8, 4) is 0 Å². The first-order valence-electron chi connectivity index (χ1n) is 11.1. The van der Waals surface area contributed by atoms with Crippen molar-refractivity contribution in [1.82, 2.24) is 9.80 Å². The van der Waals surface area contributed by atoms with Gasteiger partial charge in [0.2, 0.25) is 0 Å². The number of carbonyl (C=O) groups excluding carboxylic acids is 2. The molecular weight excluding hydrogens is 384 g/mol. The summed E-state index contributed by atoms with van der Waals surface area (Å²) in [5.74, 6) is 0.250. The Hall–Kier alpha value is -1.81. The lowest BCUT2D eigenvalue weighted by Gasteiger charge is -2.33. The standard InChI is InChI=1S/C24H33ClN2O2/c1-3-4-5-6-7-8-16-27-23(28)21(19-11-13-20(25)14-12-19)22(24(27)29)26-15-9-10-18(2)17-26/h11-14,18H,3-10,15-17H2,1-2H3. The van der Waals surface area contributed by atoms with Gasteiger partial charge in [0.15, 0.2) is 0 Å². The molecule has 2 heterocycles. The normalized spacial score (nSPS) is 20.2. The Morgan fingerprint density at radius 2 is 1.69 bits per heavy atom. The van der Waals surface area contributed by atoms with Gasteiger partial charge in [-0.2, -0.15) is 0 Å². The van der Waals surface area contributed by atoms with E-state index in [0.717, 1.165) is 44.3 Å². The lowest BCUT2D eigenvalue weighted by Crippen LogP contribution is -2.39. The molecule has 0 spiro atoms. The van der Waals surface area contributed by atoms with Crippen molar-refractivity contribution in [3.63, 3.8) is 0 Å². The molecule has 1 atom stereocenters. The maximum atomic E-state index is 13.3. The van der Waals surface area contributed by atoms with Crippen molar-refractivity contribution < 1.29 is 9.59 Å². The average Bonchev–Trinajstić information content (AvgIpc) is 2.95. The second-order valence-electron chi connectivity index (χ2n) is 8.45. The third kappa shape index (κ3) is 5.22. The fourth-order valence-corrected chi connectivity index (χ4v) is 4.51. The molecule has 3 rings (SSSR count). The van der Waals surface area contributed by atoms with Gasteiger partial charge in [-0.15, -0.1) is 0 Å². The van der Waals surface area contributed by atoms with Gasteiger partial charge in [-0.05, 0) is 42.9 Å². The third-order valence-electron chi connectivity index (χ3n) is 5.98. The highest BCUT2D eigenvalue weighted by Crippen LogP contribution is 2.34. The molecule has 1 unspecified atom stereocenters. The molecule has 0 aromatic heterocycles. The van der Waals surface area contributed by atoms with Crippen molar-refractivity contribution in [3.05, 3.63) is 40.5 Å². The molecule has 2 amide bonds. The van der Waals surface area contributed by atoms with Gasteiger partial charge in [0.25, 0.3) is 11.8 Å². The number of carbonyl (C=O) groups is 2. The molecule has 0 saturated carbocycles. The van der Waals surface area contributed by atoms with E-state index in [9.17, 15) is 9.59 Å². The number of benzene rings is 1. The largest absolute Gasteiger partial charge is 0.366 e. The Balaban J connectivity index is 1.80. The van der Waals surface area contributed by atoms with E-state index in [0.29, 0.717) is 28.8 Å². The Kier molecular flexibility index (Phi) is 7.77. The van der Waals surface area contributed by atoms with Crippen molar-refractivity contribution in [2.45, 2.75) is 65.2 Å². The summed E-state index contributed by atoms with van der Waals surface area (Å²) in [5.41, 5.74) is 1.92. The van der Waals surface area contributed by atoms with Gasteiger partial charge >= 0.3 is 0 Å². The van der Waals surface area contributed by atoms with Gasteiger partial charge in [-0.3, -0.25) is 14.5 Å². The number of unbranched alkanes of at least 4 members (excludes halogenated alkanes) is 5. The number of nitrogens with zero attached hydrogens (tertiary/aromatic N) is 2. The van der Waals surface area contributed by atoms with Crippen LogP contribution in [0.25, 0.3) is 5.57 Å². The zero-order valence-electron chi connectivity index (χ0n) is 17.8. The lowest BCUT2D eigenvalue weighted by atomic mass is 9.98. The van der Waals surface area contributed by atoms with Crippen LogP contribution >= 0.6 is 11.6 Å². The van der Waals surface area contributed by atoms with Gasteiger partial charge in [-0.1, -0.05) is 69.7 Å². The predicted octanol–water partition coefficient (Wildman–Crippen LogP) is 5.51. The van der Waals surface area contributed by atoms with E-state index in [-0.39, 0.29) is 11.8 Å². The van der Waals surface area contributed by atoms with Crippen LogP contribution in [0.15, 0.2) is 30.0 Å². The quantitative estimate of drug-likeness (QED) is 0.393. The molecule has 2 aliphatic heterocycles. The maximum absolute atomic E-state index is 13.3. The average molecular weight is 417 g/mol.